The van der Waals surface area contributed by atoms with E-state index in [1.54, 1.807) is 48.9 Å². The first kappa shape index (κ1) is 19.9. The molecule has 0 fully saturated rings. The molecule has 3 N–H and O–H groups in total. The molecule has 0 bridgehead atoms. The number of nitrogens with zero attached hydrogens (tertiary/aromatic N) is 2. The highest BCUT2D eigenvalue weighted by Gasteiger charge is 2.43. The number of carbonyl (C=O) groups excluding carboxylic acids is 2. The van der Waals surface area contributed by atoms with Crippen LogP contribution in [0.1, 0.15) is 29.0 Å². The second-order valence-electron chi connectivity index (χ2n) is 7.27. The van der Waals surface area contributed by atoms with E-state index in [4.69, 9.17) is 5.73 Å². The molecule has 0 saturated carbocycles. The maximum Gasteiger partial charge on any atom is 0.252 e. The van der Waals surface area contributed by atoms with Crippen LogP contribution in [-0.2, 0) is 4.79 Å². The number of alkyl halides is 1. The highest BCUT2D eigenvalue weighted by atomic mass is 32.1. The van der Waals surface area contributed by atoms with Gasteiger partial charge in [0.2, 0.25) is 0 Å². The fraction of sp³-hybridized carbons (Fsp3) is 0.182. The van der Waals surface area contributed by atoms with Crippen molar-refractivity contribution in [3.8, 4) is 0 Å². The minimum Gasteiger partial charge on any atom is -0.366 e. The van der Waals surface area contributed by atoms with Crippen molar-refractivity contribution in [1.29, 1.82) is 0 Å². The summed E-state index contributed by atoms with van der Waals surface area (Å²) >= 11 is 1.32. The first-order chi connectivity index (χ1) is 14.4. The maximum absolute atomic E-state index is 14.4. The number of hydrogen-bond acceptors (Lipinski definition) is 5. The Morgan fingerprint density at radius 1 is 1.30 bits per heavy atom. The number of carbonyl (C=O) groups is 2. The number of amides is 2. The van der Waals surface area contributed by atoms with Gasteiger partial charge in [0.1, 0.15) is 5.82 Å². The van der Waals surface area contributed by atoms with E-state index in [-0.39, 0.29) is 5.91 Å². The molecule has 3 aromatic rings. The Hall–Kier alpha value is -3.39. The molecular weight excluding hydrogens is 403 g/mol. The van der Waals surface area contributed by atoms with Gasteiger partial charge in [-0.25, -0.2) is 9.97 Å². The third-order valence-electron chi connectivity index (χ3n) is 5.30. The van der Waals surface area contributed by atoms with E-state index in [0.717, 1.165) is 0 Å². The molecule has 1 aromatic carbocycles. The summed E-state index contributed by atoms with van der Waals surface area (Å²) in [5.74, 6) is -1.22. The van der Waals surface area contributed by atoms with Gasteiger partial charge < -0.3 is 11.1 Å². The van der Waals surface area contributed by atoms with E-state index < -0.39 is 23.9 Å². The lowest BCUT2D eigenvalue weighted by Gasteiger charge is -2.36. The quantitative estimate of drug-likeness (QED) is 0.650. The molecular formula is C22H19FN4O2S. The molecule has 2 amide bonds. The number of halogens is 1. The molecule has 0 radical (unpaired) electrons. The number of thiophene rings is 1. The maximum atomic E-state index is 14.4. The Kier molecular flexibility index (Phi) is 5.17. The number of nitrogens with one attached hydrogen (secondary N) is 1. The summed E-state index contributed by atoms with van der Waals surface area (Å²) < 4.78 is 15.1. The molecule has 1 aliphatic carbocycles. The van der Waals surface area contributed by atoms with E-state index in [0.29, 0.717) is 32.9 Å². The number of allylic oxidation sites excluding steroid dienone is 3. The first-order valence-corrected chi connectivity index (χ1v) is 10.2. The second kappa shape index (κ2) is 7.79. The Bertz CT molecular complexity index is 1190. The molecule has 6 nitrogen and oxygen atoms in total. The number of anilines is 1. The van der Waals surface area contributed by atoms with E-state index in [9.17, 15) is 14.0 Å². The average Bonchev–Trinajstić information content (AvgIpc) is 3.18. The van der Waals surface area contributed by atoms with Crippen molar-refractivity contribution in [1.82, 2.24) is 9.97 Å². The van der Waals surface area contributed by atoms with Gasteiger partial charge in [-0.15, -0.1) is 11.3 Å². The summed E-state index contributed by atoms with van der Waals surface area (Å²) in [7, 11) is 0. The number of nitrogens with two attached hydrogens (primary N) is 1. The van der Waals surface area contributed by atoms with Crippen LogP contribution in [0, 0.1) is 5.41 Å². The zero-order valence-corrected chi connectivity index (χ0v) is 16.9. The predicted octanol–water partition coefficient (Wildman–Crippen LogP) is 3.98. The smallest absolute Gasteiger partial charge is 0.252 e. The topological polar surface area (TPSA) is 98.0 Å². The molecule has 1 aliphatic rings. The summed E-state index contributed by atoms with van der Waals surface area (Å²) in [4.78, 5) is 33.6. The number of rotatable bonds is 5. The lowest BCUT2D eigenvalue weighted by Crippen LogP contribution is -2.37. The van der Waals surface area contributed by atoms with Crippen LogP contribution in [0.5, 0.6) is 0 Å². The summed E-state index contributed by atoms with van der Waals surface area (Å²) in [5, 5.41) is 4.45. The van der Waals surface area contributed by atoms with Crippen molar-refractivity contribution in [3.63, 3.8) is 0 Å². The lowest BCUT2D eigenvalue weighted by molar-refractivity contribution is -0.114. The standard InChI is InChI=1S/C22H19FN4O2S/c1-22(12-23)15(20-25-10-17-18(27-20)14(11-30-17)19(24)28)8-5-9-16(22)21(29)26-13-6-3-2-4-7-13/h2-11,15H,12H2,1H3,(H2,24,28)(H,26,29). The zero-order valence-electron chi connectivity index (χ0n) is 16.1. The Morgan fingerprint density at radius 3 is 2.77 bits per heavy atom. The molecule has 152 valence electrons. The van der Waals surface area contributed by atoms with E-state index in [1.807, 2.05) is 18.2 Å². The van der Waals surface area contributed by atoms with Gasteiger partial charge in [-0.05, 0) is 12.1 Å². The van der Waals surface area contributed by atoms with Gasteiger partial charge in [-0.1, -0.05) is 43.4 Å². The first-order valence-electron chi connectivity index (χ1n) is 9.29. The van der Waals surface area contributed by atoms with Crippen molar-refractivity contribution < 1.29 is 14.0 Å². The van der Waals surface area contributed by atoms with Crippen molar-refractivity contribution in [3.05, 3.63) is 77.1 Å². The summed E-state index contributed by atoms with van der Waals surface area (Å²) in [6, 6.07) is 8.99. The third-order valence-corrected chi connectivity index (χ3v) is 6.20. The highest BCUT2D eigenvalue weighted by Crippen LogP contribution is 2.45. The third kappa shape index (κ3) is 3.39. The average molecular weight is 422 g/mol. The largest absolute Gasteiger partial charge is 0.366 e. The number of aromatic nitrogens is 2. The van der Waals surface area contributed by atoms with Gasteiger partial charge in [-0.2, -0.15) is 0 Å². The number of para-hydroxylation sites is 1. The van der Waals surface area contributed by atoms with Crippen LogP contribution in [-0.4, -0.2) is 28.5 Å². The van der Waals surface area contributed by atoms with E-state index in [1.165, 1.54) is 11.3 Å². The van der Waals surface area contributed by atoms with E-state index >= 15 is 0 Å². The summed E-state index contributed by atoms with van der Waals surface area (Å²) in [5.41, 5.74) is 5.93. The number of benzene rings is 1. The van der Waals surface area contributed by atoms with Gasteiger partial charge >= 0.3 is 0 Å². The van der Waals surface area contributed by atoms with Gasteiger partial charge in [0.25, 0.3) is 11.8 Å². The Morgan fingerprint density at radius 2 is 2.07 bits per heavy atom. The Labute approximate surface area is 176 Å². The normalized spacial score (nSPS) is 20.7. The van der Waals surface area contributed by atoms with Crippen molar-refractivity contribution >= 4 is 39.1 Å². The zero-order chi connectivity index (χ0) is 21.3. The van der Waals surface area contributed by atoms with E-state index in [2.05, 4.69) is 15.3 Å². The molecule has 30 heavy (non-hydrogen) atoms. The minimum atomic E-state index is -1.18. The molecule has 0 aliphatic heterocycles. The molecule has 0 spiro atoms. The van der Waals surface area contributed by atoms with Crippen LogP contribution < -0.4 is 11.1 Å². The fourth-order valence-corrected chi connectivity index (χ4v) is 4.43. The van der Waals surface area contributed by atoms with Crippen LogP contribution in [0.2, 0.25) is 0 Å². The monoisotopic (exact) mass is 422 g/mol. The van der Waals surface area contributed by atoms with Crippen LogP contribution in [0.25, 0.3) is 10.2 Å². The van der Waals surface area contributed by atoms with Crippen LogP contribution in [0.15, 0.2) is 65.7 Å². The van der Waals surface area contributed by atoms with Gasteiger partial charge in [0, 0.05) is 34.2 Å². The van der Waals surface area contributed by atoms with Gasteiger partial charge in [-0.3, -0.25) is 14.0 Å². The molecule has 0 saturated heterocycles. The molecule has 2 aromatic heterocycles. The summed E-state index contributed by atoms with van der Waals surface area (Å²) in [6.07, 6.45) is 6.70. The number of fused-ring (bicyclic) bond motifs is 1. The predicted molar refractivity (Wildman–Crippen MR) is 115 cm³/mol. The molecule has 2 heterocycles. The highest BCUT2D eigenvalue weighted by molar-refractivity contribution is 7.17. The van der Waals surface area contributed by atoms with Gasteiger partial charge in [0.05, 0.1) is 22.5 Å². The molecule has 4 rings (SSSR count). The molecule has 2 unspecified atom stereocenters. The lowest BCUT2D eigenvalue weighted by atomic mass is 9.69. The number of hydrogen-bond donors (Lipinski definition) is 2. The second-order valence-corrected chi connectivity index (χ2v) is 8.18. The van der Waals surface area contributed by atoms with Crippen LogP contribution in [0.4, 0.5) is 10.1 Å². The SMILES string of the molecule is CC1(CF)C(C(=O)Nc2ccccc2)=CC=CC1c1ncc2scc(C(N)=O)c2n1. The fourth-order valence-electron chi connectivity index (χ4n) is 3.58. The van der Waals surface area contributed by atoms with Gasteiger partial charge in [0.15, 0.2) is 0 Å². The number of primary amides is 1. The molecule has 2 atom stereocenters. The minimum absolute atomic E-state index is 0.297. The molecule has 8 heteroatoms. The van der Waals surface area contributed by atoms with Crippen molar-refractivity contribution in [2.45, 2.75) is 12.8 Å². The van der Waals surface area contributed by atoms with Crippen molar-refractivity contribution in [2.75, 3.05) is 12.0 Å². The summed E-state index contributed by atoms with van der Waals surface area (Å²) in [6.45, 7) is 0.886. The Balaban J connectivity index is 1.71. The van der Waals surface area contributed by atoms with Crippen LogP contribution >= 0.6 is 11.3 Å². The van der Waals surface area contributed by atoms with Crippen molar-refractivity contribution in [2.24, 2.45) is 11.1 Å². The van der Waals surface area contributed by atoms with Crippen LogP contribution in [0.3, 0.4) is 0 Å².